The number of benzene rings is 3. The molecule has 0 saturated heterocycles. The number of rotatable bonds is 13. The van der Waals surface area contributed by atoms with Crippen LogP contribution in [0.4, 0.5) is 5.69 Å². The van der Waals surface area contributed by atoms with E-state index < -0.39 is 15.9 Å². The molecule has 8 nitrogen and oxygen atoms in total. The van der Waals surface area contributed by atoms with Crippen molar-refractivity contribution < 1.29 is 27.4 Å². The van der Waals surface area contributed by atoms with Crippen molar-refractivity contribution in [1.29, 1.82) is 0 Å². The minimum Gasteiger partial charge on any atom is -0.494 e. The summed E-state index contributed by atoms with van der Waals surface area (Å²) in [6.07, 6.45) is 1.39. The number of methoxy groups -OCH3 is 2. The number of hydrogen-bond acceptors (Lipinski definition) is 6. The standard InChI is InChI=1S/C27H32N2O6S/c1-4-35-23-15-13-22(14-16-23)29(36(31,32)24-10-6-5-7-11-24)20-27(30)28-18-8-9-21-12-17-25(33-2)26(19-21)34-3/h5-7,10-17,19H,4,8-9,18,20H2,1-3H3,(H,28,30). The summed E-state index contributed by atoms with van der Waals surface area (Å²) in [5.41, 5.74) is 1.42. The number of aryl methyl sites for hydroxylation is 1. The van der Waals surface area contributed by atoms with Crippen LogP contribution in [0.15, 0.2) is 77.7 Å². The van der Waals surface area contributed by atoms with Gasteiger partial charge in [-0.2, -0.15) is 0 Å². The van der Waals surface area contributed by atoms with E-state index in [2.05, 4.69) is 5.32 Å². The Hall–Kier alpha value is -3.72. The summed E-state index contributed by atoms with van der Waals surface area (Å²) in [5.74, 6) is 1.54. The molecule has 0 saturated carbocycles. The van der Waals surface area contributed by atoms with Crippen LogP contribution in [-0.4, -0.2) is 48.2 Å². The van der Waals surface area contributed by atoms with E-state index in [1.54, 1.807) is 56.7 Å². The molecule has 0 atom stereocenters. The van der Waals surface area contributed by atoms with Crippen molar-refractivity contribution in [1.82, 2.24) is 5.32 Å². The lowest BCUT2D eigenvalue weighted by Crippen LogP contribution is -2.41. The van der Waals surface area contributed by atoms with Crippen molar-refractivity contribution in [3.8, 4) is 17.2 Å². The van der Waals surface area contributed by atoms with E-state index in [4.69, 9.17) is 14.2 Å². The molecule has 3 rings (SSSR count). The smallest absolute Gasteiger partial charge is 0.264 e. The van der Waals surface area contributed by atoms with Gasteiger partial charge in [0.25, 0.3) is 10.0 Å². The second-order valence-corrected chi connectivity index (χ2v) is 9.76. The van der Waals surface area contributed by atoms with Crippen LogP contribution in [0.5, 0.6) is 17.2 Å². The Bertz CT molecular complexity index is 1230. The molecule has 0 unspecified atom stereocenters. The van der Waals surface area contributed by atoms with E-state index in [-0.39, 0.29) is 11.4 Å². The third-order valence-corrected chi connectivity index (χ3v) is 7.25. The van der Waals surface area contributed by atoms with Crippen LogP contribution < -0.4 is 23.8 Å². The molecule has 0 radical (unpaired) electrons. The average Bonchev–Trinajstić information content (AvgIpc) is 2.90. The molecule has 0 bridgehead atoms. The summed E-state index contributed by atoms with van der Waals surface area (Å²) in [4.78, 5) is 12.9. The topological polar surface area (TPSA) is 94.2 Å². The first-order valence-electron chi connectivity index (χ1n) is 11.7. The third-order valence-electron chi connectivity index (χ3n) is 5.47. The molecule has 0 fully saturated rings. The fraction of sp³-hybridized carbons (Fsp3) is 0.296. The lowest BCUT2D eigenvalue weighted by Gasteiger charge is -2.24. The normalized spacial score (nSPS) is 11.0. The quantitative estimate of drug-likeness (QED) is 0.347. The number of hydrogen-bond donors (Lipinski definition) is 1. The van der Waals surface area contributed by atoms with Crippen molar-refractivity contribution in [2.75, 3.05) is 38.2 Å². The number of sulfonamides is 1. The number of carbonyl (C=O) groups excluding carboxylic acids is 1. The summed E-state index contributed by atoms with van der Waals surface area (Å²) in [6.45, 7) is 2.42. The summed E-state index contributed by atoms with van der Waals surface area (Å²) in [6, 6.07) is 20.4. The maximum Gasteiger partial charge on any atom is 0.264 e. The van der Waals surface area contributed by atoms with Crippen molar-refractivity contribution in [3.05, 3.63) is 78.4 Å². The molecular weight excluding hydrogens is 480 g/mol. The zero-order chi connectivity index (χ0) is 26.0. The highest BCUT2D eigenvalue weighted by molar-refractivity contribution is 7.92. The number of amides is 1. The minimum absolute atomic E-state index is 0.111. The van der Waals surface area contributed by atoms with Gasteiger partial charge >= 0.3 is 0 Å². The predicted molar refractivity (Wildman–Crippen MR) is 139 cm³/mol. The first-order valence-corrected chi connectivity index (χ1v) is 13.1. The Morgan fingerprint density at radius 1 is 0.917 bits per heavy atom. The van der Waals surface area contributed by atoms with E-state index in [9.17, 15) is 13.2 Å². The summed E-state index contributed by atoms with van der Waals surface area (Å²) in [7, 11) is -0.787. The lowest BCUT2D eigenvalue weighted by atomic mass is 10.1. The van der Waals surface area contributed by atoms with Gasteiger partial charge in [-0.3, -0.25) is 9.10 Å². The molecule has 0 aromatic heterocycles. The number of nitrogens with one attached hydrogen (secondary N) is 1. The third kappa shape index (κ3) is 6.91. The van der Waals surface area contributed by atoms with Crippen LogP contribution >= 0.6 is 0 Å². The predicted octanol–water partition coefficient (Wildman–Crippen LogP) is 4.05. The largest absolute Gasteiger partial charge is 0.494 e. The van der Waals surface area contributed by atoms with E-state index in [0.29, 0.717) is 48.9 Å². The average molecular weight is 513 g/mol. The Labute approximate surface area is 212 Å². The van der Waals surface area contributed by atoms with Gasteiger partial charge in [-0.1, -0.05) is 24.3 Å². The molecule has 9 heteroatoms. The number of anilines is 1. The molecule has 1 amide bonds. The SMILES string of the molecule is CCOc1ccc(N(CC(=O)NCCCc2ccc(OC)c(OC)c2)S(=O)(=O)c2ccccc2)cc1. The molecule has 3 aromatic carbocycles. The second-order valence-electron chi connectivity index (χ2n) is 7.89. The van der Waals surface area contributed by atoms with Gasteiger partial charge in [0.15, 0.2) is 11.5 Å². The molecule has 0 heterocycles. The Morgan fingerprint density at radius 3 is 2.25 bits per heavy atom. The highest BCUT2D eigenvalue weighted by Crippen LogP contribution is 2.28. The van der Waals surface area contributed by atoms with Gasteiger partial charge in [0.2, 0.25) is 5.91 Å². The van der Waals surface area contributed by atoms with Crippen molar-refractivity contribution in [2.24, 2.45) is 0 Å². The highest BCUT2D eigenvalue weighted by atomic mass is 32.2. The van der Waals surface area contributed by atoms with E-state index in [0.717, 1.165) is 9.87 Å². The monoisotopic (exact) mass is 512 g/mol. The molecule has 192 valence electrons. The minimum atomic E-state index is -3.96. The highest BCUT2D eigenvalue weighted by Gasteiger charge is 2.27. The summed E-state index contributed by atoms with van der Waals surface area (Å²) in [5, 5.41) is 2.83. The van der Waals surface area contributed by atoms with E-state index in [1.165, 1.54) is 12.1 Å². The molecule has 1 N–H and O–H groups in total. The Kier molecular flexibility index (Phi) is 9.58. The first-order chi connectivity index (χ1) is 17.4. The second kappa shape index (κ2) is 12.8. The van der Waals surface area contributed by atoms with Crippen molar-refractivity contribution in [3.63, 3.8) is 0 Å². The Morgan fingerprint density at radius 2 is 1.61 bits per heavy atom. The van der Waals surface area contributed by atoms with Gasteiger partial charge in [0, 0.05) is 6.54 Å². The number of nitrogens with zero attached hydrogens (tertiary/aromatic N) is 1. The maximum atomic E-state index is 13.4. The molecule has 0 aliphatic rings. The molecule has 0 aliphatic carbocycles. The van der Waals surface area contributed by atoms with Crippen molar-refractivity contribution in [2.45, 2.75) is 24.7 Å². The fourth-order valence-corrected chi connectivity index (χ4v) is 5.09. The van der Waals surface area contributed by atoms with Gasteiger partial charge in [-0.25, -0.2) is 8.42 Å². The first kappa shape index (κ1) is 26.9. The van der Waals surface area contributed by atoms with Crippen molar-refractivity contribution >= 4 is 21.6 Å². The lowest BCUT2D eigenvalue weighted by molar-refractivity contribution is -0.119. The Balaban J connectivity index is 1.67. The molecule has 0 spiro atoms. The zero-order valence-corrected chi connectivity index (χ0v) is 21.6. The van der Waals surface area contributed by atoms with Crippen LogP contribution in [0.2, 0.25) is 0 Å². The zero-order valence-electron chi connectivity index (χ0n) is 20.8. The van der Waals surface area contributed by atoms with Gasteiger partial charge in [-0.05, 0) is 73.9 Å². The summed E-state index contributed by atoms with van der Waals surface area (Å²) >= 11 is 0. The molecular formula is C27H32N2O6S. The summed E-state index contributed by atoms with van der Waals surface area (Å²) < 4.78 is 44.0. The van der Waals surface area contributed by atoms with E-state index >= 15 is 0 Å². The number of ether oxygens (including phenoxy) is 3. The van der Waals surface area contributed by atoms with Crippen LogP contribution in [0.25, 0.3) is 0 Å². The van der Waals surface area contributed by atoms with Gasteiger partial charge in [0.05, 0.1) is 31.4 Å². The number of carbonyl (C=O) groups is 1. The fourth-order valence-electron chi connectivity index (χ4n) is 3.65. The van der Waals surface area contributed by atoms with E-state index in [1.807, 2.05) is 25.1 Å². The molecule has 36 heavy (non-hydrogen) atoms. The van der Waals surface area contributed by atoms with Gasteiger partial charge in [0.1, 0.15) is 12.3 Å². The van der Waals surface area contributed by atoms with Crippen LogP contribution in [0, 0.1) is 0 Å². The molecule has 3 aromatic rings. The van der Waals surface area contributed by atoms with Crippen LogP contribution in [-0.2, 0) is 21.2 Å². The van der Waals surface area contributed by atoms with Crippen LogP contribution in [0.1, 0.15) is 18.9 Å². The maximum absolute atomic E-state index is 13.4. The molecule has 0 aliphatic heterocycles. The van der Waals surface area contributed by atoms with Gasteiger partial charge in [-0.15, -0.1) is 0 Å². The van der Waals surface area contributed by atoms with Gasteiger partial charge < -0.3 is 19.5 Å². The van der Waals surface area contributed by atoms with Crippen LogP contribution in [0.3, 0.4) is 0 Å².